The standard InChI is InChI=1S/C38H44N4S2.C19H22N2S.C9H15O7P.C9H15O6P.2CH4O3S.2CH4/c1-2-22-41(21-1)37-13-9-33(10-14-37)5-7-35-17-25-39(26-18-35)29-31-43-44-32-30-40-27-19-36(20-28-40)8-6-34-11-15-38(16-12-34)42-23-3-4-24-42;22-16-15-20-13-9-18(10-14-20)4-3-17-5-7-19(8-6-17)21-11-1-2-12-21;10-7(11)1-4-17(16,5-2-8(12)13)6-3-9(14)15;10-7(11)1-4-16(5-2-8(12)13)6-3-9(14)15;2*1-5(2,3)4;;/h5-20,25-28H,1-4,21-24,29-32H2;3-10,13-14H,1-2,11-12,15-16H2;1-6H2,(H,10,11)(H,12,13)(H,14,15);1-6H2,(H,10,11)(H,12,13)(H,14,15);2*1H3,(H,2,3,4);2*1H4/q+2;;;;;;;/p-1. The maximum absolute atomic E-state index is 12.1. The normalized spacial score (nSPS) is 13.2. The van der Waals surface area contributed by atoms with Crippen LogP contribution in [0.25, 0.3) is 36.5 Å². The number of carboxylic acids is 6. The molecule has 0 unspecified atom stereocenters. The van der Waals surface area contributed by atoms with Gasteiger partial charge in [-0.15, -0.1) is 7.92 Å². The monoisotopic (exact) mass is 1670 g/mol. The summed E-state index contributed by atoms with van der Waals surface area (Å²) in [6.45, 7) is 10.2. The lowest BCUT2D eigenvalue weighted by Crippen LogP contribution is -2.34. The molecular formula is C79H111N6O19P2S5+. The molecule has 0 atom stereocenters. The Morgan fingerprint density at radius 3 is 0.820 bits per heavy atom. The van der Waals surface area contributed by atoms with Gasteiger partial charge in [-0.3, -0.25) is 28.8 Å². The van der Waals surface area contributed by atoms with Gasteiger partial charge in [0.25, 0.3) is 0 Å². The summed E-state index contributed by atoms with van der Waals surface area (Å²) in [5, 5.41) is 50.9. The van der Waals surface area contributed by atoms with Gasteiger partial charge in [0.1, 0.15) is 0 Å². The van der Waals surface area contributed by atoms with Crippen LogP contribution in [-0.4, -0.2) is 198 Å². The zero-order valence-electron chi connectivity index (χ0n) is 61.7. The molecule has 3 aromatic carbocycles. The van der Waals surface area contributed by atoms with E-state index in [0.29, 0.717) is 31.0 Å². The predicted molar refractivity (Wildman–Crippen MR) is 451 cm³/mol. The fraction of sp³-hybridized carbons (Fsp3) is 0.430. The molecule has 3 aromatic heterocycles. The Morgan fingerprint density at radius 1 is 0.405 bits per heavy atom. The highest BCUT2D eigenvalue weighted by Crippen LogP contribution is 2.47. The van der Waals surface area contributed by atoms with Gasteiger partial charge in [-0.2, -0.15) is 12.6 Å². The SMILES string of the molecule is C.C.C(=C\c1cc[n+](CCSSCC[n+]2ccc(/C=C/c3ccc(N4CCCC4)cc3)cc2)cc1)/c1ccc(N2CCCC2)cc1.CS(=O)(=O)[O-].CS(=O)(=O)[O-].O=C(O)CCP(=O)(CCC(=O)O)CCC(=O)O.O=C(O)CCP(CCC(=O)O)CCC(=O)O.SCC[n+]1ccc(/C=C/c2ccc(N3CCCC3)cc2)cc1. The van der Waals surface area contributed by atoms with E-state index in [2.05, 4.69) is 224 Å². The summed E-state index contributed by atoms with van der Waals surface area (Å²) in [5.41, 5.74) is 11.5. The molecule has 3 aliphatic rings. The number of nitrogens with zero attached hydrogens (tertiary/aromatic N) is 6. The molecule has 0 radical (unpaired) electrons. The molecule has 0 spiro atoms. The minimum atomic E-state index is -3.92. The molecule has 3 fully saturated rings. The smallest absolute Gasteiger partial charge is 0.303 e. The number of carboxylic acid groups (broad SMARTS) is 6. The summed E-state index contributed by atoms with van der Waals surface area (Å²) < 4.78 is 73.3. The van der Waals surface area contributed by atoms with E-state index in [1.807, 2.05) is 21.6 Å². The molecule has 610 valence electrons. The Balaban J connectivity index is 0.000000524. The number of anilines is 3. The minimum absolute atomic E-state index is 0. The van der Waals surface area contributed by atoms with Crippen LogP contribution in [0.4, 0.5) is 17.1 Å². The Labute approximate surface area is 670 Å². The number of thiol groups is 1. The predicted octanol–water partition coefficient (Wildman–Crippen LogP) is 12.8. The molecule has 25 nitrogen and oxygen atoms in total. The van der Waals surface area contributed by atoms with Crippen LogP contribution in [0.3, 0.4) is 0 Å². The number of pyridine rings is 3. The second kappa shape index (κ2) is 54.7. The summed E-state index contributed by atoms with van der Waals surface area (Å²) in [6, 6.07) is 39.9. The van der Waals surface area contributed by atoms with E-state index in [1.54, 1.807) is 0 Å². The lowest BCUT2D eigenvalue weighted by Gasteiger charge is -2.17. The first-order valence-electron chi connectivity index (χ1n) is 35.6. The molecule has 9 rings (SSSR count). The third-order valence-corrected chi connectivity index (χ3v) is 24.9. The summed E-state index contributed by atoms with van der Waals surface area (Å²) >= 11 is 4.25. The molecule has 32 heteroatoms. The van der Waals surface area contributed by atoms with Gasteiger partial charge in [0.15, 0.2) is 56.8 Å². The van der Waals surface area contributed by atoms with Crippen LogP contribution in [0, 0.1) is 0 Å². The van der Waals surface area contributed by atoms with Crippen molar-refractivity contribution in [2.24, 2.45) is 0 Å². The van der Waals surface area contributed by atoms with E-state index in [1.165, 1.54) is 128 Å². The van der Waals surface area contributed by atoms with Crippen molar-refractivity contribution < 1.29 is 104 Å². The average molecular weight is 1670 g/mol. The number of rotatable bonds is 36. The third kappa shape index (κ3) is 48.6. The lowest BCUT2D eigenvalue weighted by molar-refractivity contribution is -0.692. The third-order valence-electron chi connectivity index (χ3n) is 16.7. The highest BCUT2D eigenvalue weighted by Gasteiger charge is 2.25. The lowest BCUT2D eigenvalue weighted by atomic mass is 10.1. The number of hydrogen-bond donors (Lipinski definition) is 7. The zero-order valence-corrected chi connectivity index (χ0v) is 67.6. The first-order valence-corrected chi connectivity index (χ1v) is 46.6. The largest absolute Gasteiger partial charge is 0.748 e. The average Bonchev–Trinajstić information content (AvgIpc) is 1.83. The first kappa shape index (κ1) is 99.2. The van der Waals surface area contributed by atoms with Gasteiger partial charge in [0.2, 0.25) is 0 Å². The van der Waals surface area contributed by atoms with Crippen molar-refractivity contribution in [2.45, 2.75) is 112 Å². The van der Waals surface area contributed by atoms with E-state index in [9.17, 15) is 33.3 Å². The van der Waals surface area contributed by atoms with E-state index in [4.69, 9.17) is 56.6 Å². The molecule has 0 aliphatic carbocycles. The Bertz CT molecular complexity index is 3850. The molecule has 0 saturated carbocycles. The second-order valence-electron chi connectivity index (χ2n) is 25.7. The van der Waals surface area contributed by atoms with Crippen molar-refractivity contribution in [3.8, 4) is 0 Å². The van der Waals surface area contributed by atoms with E-state index < -0.39 is 71.1 Å². The van der Waals surface area contributed by atoms with E-state index in [0.717, 1.165) is 36.9 Å². The van der Waals surface area contributed by atoms with Gasteiger partial charge in [-0.1, -0.05) is 109 Å². The fourth-order valence-electron chi connectivity index (χ4n) is 10.9. The van der Waals surface area contributed by atoms with Crippen LogP contribution in [0.2, 0.25) is 0 Å². The van der Waals surface area contributed by atoms with Crippen LogP contribution in [0.5, 0.6) is 0 Å². The first-order chi connectivity index (χ1) is 51.8. The highest BCUT2D eigenvalue weighted by atomic mass is 33.1. The van der Waals surface area contributed by atoms with E-state index in [-0.39, 0.29) is 71.9 Å². The van der Waals surface area contributed by atoms with Gasteiger partial charge in [-0.25, -0.2) is 30.5 Å². The molecule has 0 amide bonds. The van der Waals surface area contributed by atoms with Crippen LogP contribution in [0.15, 0.2) is 146 Å². The van der Waals surface area contributed by atoms with Gasteiger partial charge in [-0.05, 0) is 127 Å². The van der Waals surface area contributed by atoms with Gasteiger partial charge in [0.05, 0.1) is 58.1 Å². The Hall–Kier alpha value is -7.92. The molecule has 6 heterocycles. The van der Waals surface area contributed by atoms with Crippen molar-refractivity contribution in [2.75, 3.05) is 121 Å². The second-order valence-corrected chi connectivity index (χ2v) is 37.8. The van der Waals surface area contributed by atoms with Crippen LogP contribution < -0.4 is 28.4 Å². The number of aryl methyl sites for hydroxylation is 3. The fourth-order valence-corrected chi connectivity index (χ4v) is 17.8. The molecule has 3 saturated heterocycles. The van der Waals surface area contributed by atoms with Crippen molar-refractivity contribution in [3.05, 3.63) is 180 Å². The maximum atomic E-state index is 12.1. The number of aromatic nitrogens is 3. The summed E-state index contributed by atoms with van der Waals surface area (Å²) in [5.74, 6) is -3.12. The van der Waals surface area contributed by atoms with Crippen LogP contribution in [-0.2, 0) is 73.2 Å². The van der Waals surface area contributed by atoms with Crippen LogP contribution >= 0.6 is 49.3 Å². The van der Waals surface area contributed by atoms with Gasteiger partial charge >= 0.3 is 35.8 Å². The Kier molecular flexibility index (Phi) is 48.9. The topological polar surface area (TPSA) is 377 Å². The summed E-state index contributed by atoms with van der Waals surface area (Å²) in [4.78, 5) is 69.6. The quantitative estimate of drug-likeness (QED) is 0.00480. The van der Waals surface area contributed by atoms with Crippen molar-refractivity contribution in [3.63, 3.8) is 0 Å². The molecule has 6 aromatic rings. The van der Waals surface area contributed by atoms with Gasteiger partial charge in [0, 0.05) is 149 Å². The van der Waals surface area contributed by atoms with Gasteiger partial charge < -0.3 is 59.0 Å². The molecule has 6 N–H and O–H groups in total. The van der Waals surface area contributed by atoms with Crippen molar-refractivity contribution in [1.29, 1.82) is 0 Å². The zero-order chi connectivity index (χ0) is 80.0. The number of benzene rings is 3. The maximum Gasteiger partial charge on any atom is 0.303 e. The van der Waals surface area contributed by atoms with Crippen molar-refractivity contribution >= 4 is 159 Å². The summed E-state index contributed by atoms with van der Waals surface area (Å²) in [6.07, 6.45) is 34.9. The van der Waals surface area contributed by atoms with Crippen LogP contribution in [0.1, 0.15) is 125 Å². The van der Waals surface area contributed by atoms with E-state index >= 15 is 0 Å². The minimum Gasteiger partial charge on any atom is -0.748 e. The molecule has 111 heavy (non-hydrogen) atoms. The molecule has 0 bridgehead atoms. The number of carbonyl (C=O) groups is 6. The Morgan fingerprint density at radius 2 is 0.613 bits per heavy atom. The summed E-state index contributed by atoms with van der Waals surface area (Å²) in [7, 11) is -7.74. The van der Waals surface area contributed by atoms with Crippen molar-refractivity contribution in [1.82, 2.24) is 0 Å². The molecule has 3 aliphatic heterocycles. The number of hydrogen-bond acceptors (Lipinski definition) is 19. The number of aliphatic carboxylic acids is 6. The highest BCUT2D eigenvalue weighted by molar-refractivity contribution is 8.76. The molecular weight excluding hydrogens is 1560 g/mol.